The standard InChI is InChI=1S/C4H8N2O2.Fe/c1-3(5-7)4(2)6-8;/h7-8H,1-2H3;. The molecule has 5 heteroatoms. The van der Waals surface area contributed by atoms with Gasteiger partial charge in [-0.1, -0.05) is 10.3 Å². The van der Waals surface area contributed by atoms with Crippen LogP contribution < -0.4 is 0 Å². The van der Waals surface area contributed by atoms with Crippen LogP contribution in [0.15, 0.2) is 10.3 Å². The maximum absolute atomic E-state index is 8.03. The molecule has 0 aliphatic carbocycles. The van der Waals surface area contributed by atoms with Crippen molar-refractivity contribution < 1.29 is 27.5 Å². The predicted octanol–water partition coefficient (Wildman–Crippen LogP) is 0.684. The van der Waals surface area contributed by atoms with E-state index >= 15 is 0 Å². The molecule has 0 atom stereocenters. The van der Waals surface area contributed by atoms with Crippen LogP contribution in [0.25, 0.3) is 0 Å². The molecule has 0 aromatic rings. The summed E-state index contributed by atoms with van der Waals surface area (Å²) < 4.78 is 0. The number of oxime groups is 2. The third-order valence-electron chi connectivity index (χ3n) is 0.824. The van der Waals surface area contributed by atoms with E-state index in [9.17, 15) is 0 Å². The van der Waals surface area contributed by atoms with Crippen LogP contribution in [-0.4, -0.2) is 21.8 Å². The zero-order chi connectivity index (χ0) is 6.57. The molecule has 9 heavy (non-hydrogen) atoms. The van der Waals surface area contributed by atoms with Crippen LogP contribution in [0.1, 0.15) is 13.8 Å². The molecular formula is C4H8FeN2O2. The van der Waals surface area contributed by atoms with Gasteiger partial charge in [-0.2, -0.15) is 0 Å². The van der Waals surface area contributed by atoms with Gasteiger partial charge in [0.2, 0.25) is 0 Å². The molecule has 0 spiro atoms. The molecule has 0 aromatic heterocycles. The largest absolute Gasteiger partial charge is 0.411 e. The van der Waals surface area contributed by atoms with E-state index in [1.165, 1.54) is 13.8 Å². The Kier molecular flexibility index (Phi) is 7.01. The van der Waals surface area contributed by atoms with Gasteiger partial charge < -0.3 is 10.4 Å². The molecule has 0 saturated heterocycles. The first kappa shape index (κ1) is 11.3. The topological polar surface area (TPSA) is 65.2 Å². The minimum absolute atomic E-state index is 0. The molecule has 0 unspecified atom stereocenters. The van der Waals surface area contributed by atoms with Crippen LogP contribution in [0, 0.1) is 0 Å². The first-order valence-electron chi connectivity index (χ1n) is 2.10. The maximum atomic E-state index is 8.03. The molecule has 0 radical (unpaired) electrons. The van der Waals surface area contributed by atoms with Gasteiger partial charge >= 0.3 is 0 Å². The van der Waals surface area contributed by atoms with Crippen LogP contribution in [0.3, 0.4) is 0 Å². The van der Waals surface area contributed by atoms with Gasteiger partial charge in [-0.3, -0.25) is 0 Å². The summed E-state index contributed by atoms with van der Waals surface area (Å²) in [7, 11) is 0. The Morgan fingerprint density at radius 2 is 1.22 bits per heavy atom. The molecule has 4 nitrogen and oxygen atoms in total. The van der Waals surface area contributed by atoms with E-state index in [2.05, 4.69) is 10.3 Å². The minimum atomic E-state index is 0. The molecule has 54 valence electrons. The van der Waals surface area contributed by atoms with Gasteiger partial charge in [0, 0.05) is 17.1 Å². The average molecular weight is 172 g/mol. The molecular weight excluding hydrogens is 164 g/mol. The maximum Gasteiger partial charge on any atom is 0.101 e. The number of hydrogen-bond donors (Lipinski definition) is 2. The fourth-order valence-electron chi connectivity index (χ4n) is 0.145. The summed E-state index contributed by atoms with van der Waals surface area (Å²) >= 11 is 0. The molecule has 0 aliphatic heterocycles. The first-order chi connectivity index (χ1) is 3.72. The minimum Gasteiger partial charge on any atom is -0.411 e. The first-order valence-corrected chi connectivity index (χ1v) is 2.10. The van der Waals surface area contributed by atoms with Crippen molar-refractivity contribution in [2.45, 2.75) is 13.8 Å². The summed E-state index contributed by atoms with van der Waals surface area (Å²) in [6, 6.07) is 0. The molecule has 0 bridgehead atoms. The van der Waals surface area contributed by atoms with Crippen molar-refractivity contribution in [3.8, 4) is 0 Å². The van der Waals surface area contributed by atoms with Gasteiger partial charge in [0.15, 0.2) is 0 Å². The quantitative estimate of drug-likeness (QED) is 0.264. The van der Waals surface area contributed by atoms with Gasteiger partial charge in [-0.25, -0.2) is 0 Å². The Morgan fingerprint density at radius 3 is 1.33 bits per heavy atom. The van der Waals surface area contributed by atoms with Crippen molar-refractivity contribution in [3.63, 3.8) is 0 Å². The molecule has 0 rings (SSSR count). The summed E-state index contributed by atoms with van der Waals surface area (Å²) in [5, 5.41) is 21.6. The smallest absolute Gasteiger partial charge is 0.101 e. The van der Waals surface area contributed by atoms with E-state index in [0.29, 0.717) is 11.4 Å². The van der Waals surface area contributed by atoms with Gasteiger partial charge in [-0.15, -0.1) is 0 Å². The third-order valence-corrected chi connectivity index (χ3v) is 0.824. The Morgan fingerprint density at radius 1 is 1.00 bits per heavy atom. The van der Waals surface area contributed by atoms with E-state index in [4.69, 9.17) is 10.4 Å². The molecule has 0 aliphatic rings. The Balaban J connectivity index is 0. The second-order valence-electron chi connectivity index (χ2n) is 1.37. The fraction of sp³-hybridized carbons (Fsp3) is 0.500. The molecule has 0 aromatic carbocycles. The van der Waals surface area contributed by atoms with Crippen molar-refractivity contribution in [1.82, 2.24) is 0 Å². The summed E-state index contributed by atoms with van der Waals surface area (Å²) in [5.41, 5.74) is 0.625. The Bertz CT molecular complexity index is 117. The van der Waals surface area contributed by atoms with Gasteiger partial charge in [0.1, 0.15) is 11.4 Å². The number of nitrogens with zero attached hydrogens (tertiary/aromatic N) is 2. The van der Waals surface area contributed by atoms with E-state index in [-0.39, 0.29) is 17.1 Å². The average Bonchev–Trinajstić information content (AvgIpc) is 1.84. The summed E-state index contributed by atoms with van der Waals surface area (Å²) in [5.74, 6) is 0. The van der Waals surface area contributed by atoms with Crippen molar-refractivity contribution in [1.29, 1.82) is 0 Å². The zero-order valence-electron chi connectivity index (χ0n) is 5.14. The van der Waals surface area contributed by atoms with Gasteiger partial charge in [0.05, 0.1) is 0 Å². The second-order valence-corrected chi connectivity index (χ2v) is 1.37. The van der Waals surface area contributed by atoms with Crippen LogP contribution in [0.2, 0.25) is 0 Å². The second kappa shape index (κ2) is 5.59. The Labute approximate surface area is 63.7 Å². The summed E-state index contributed by atoms with van der Waals surface area (Å²) in [4.78, 5) is 0. The number of rotatable bonds is 1. The molecule has 0 heterocycles. The fourth-order valence-corrected chi connectivity index (χ4v) is 0.145. The van der Waals surface area contributed by atoms with Gasteiger partial charge in [0.25, 0.3) is 0 Å². The van der Waals surface area contributed by atoms with Gasteiger partial charge in [-0.05, 0) is 13.8 Å². The van der Waals surface area contributed by atoms with Crippen LogP contribution in [-0.2, 0) is 17.1 Å². The van der Waals surface area contributed by atoms with Crippen molar-refractivity contribution >= 4 is 11.4 Å². The predicted molar refractivity (Wildman–Crippen MR) is 29.8 cm³/mol. The molecule has 0 saturated carbocycles. The molecule has 0 amide bonds. The van der Waals surface area contributed by atoms with Crippen molar-refractivity contribution in [3.05, 3.63) is 0 Å². The summed E-state index contributed by atoms with van der Waals surface area (Å²) in [6.45, 7) is 3.07. The molecule has 0 fully saturated rings. The van der Waals surface area contributed by atoms with Crippen LogP contribution >= 0.6 is 0 Å². The SMILES string of the molecule is CC(=NO)C(C)=NO.[Fe]. The van der Waals surface area contributed by atoms with E-state index in [1.54, 1.807) is 0 Å². The zero-order valence-corrected chi connectivity index (χ0v) is 6.25. The van der Waals surface area contributed by atoms with E-state index in [1.807, 2.05) is 0 Å². The van der Waals surface area contributed by atoms with Crippen LogP contribution in [0.4, 0.5) is 0 Å². The van der Waals surface area contributed by atoms with Crippen molar-refractivity contribution in [2.24, 2.45) is 10.3 Å². The normalized spacial score (nSPS) is 12.7. The molecule has 2 N–H and O–H groups in total. The third kappa shape index (κ3) is 4.00. The Hall–Kier alpha value is -0.541. The van der Waals surface area contributed by atoms with Crippen LogP contribution in [0.5, 0.6) is 0 Å². The monoisotopic (exact) mass is 172 g/mol. The van der Waals surface area contributed by atoms with Crippen molar-refractivity contribution in [2.75, 3.05) is 0 Å². The number of hydrogen-bond acceptors (Lipinski definition) is 4. The van der Waals surface area contributed by atoms with E-state index in [0.717, 1.165) is 0 Å². The summed E-state index contributed by atoms with van der Waals surface area (Å²) in [6.07, 6.45) is 0. The van der Waals surface area contributed by atoms with E-state index < -0.39 is 0 Å².